The first-order valence-electron chi connectivity index (χ1n) is 24.1. The van der Waals surface area contributed by atoms with E-state index in [0.29, 0.717) is 12.8 Å². The van der Waals surface area contributed by atoms with E-state index in [0.717, 1.165) is 83.5 Å². The van der Waals surface area contributed by atoms with Gasteiger partial charge in [0.05, 0.1) is 19.8 Å². The molecule has 2 fully saturated rings. The van der Waals surface area contributed by atoms with Crippen LogP contribution in [0.1, 0.15) is 136 Å². The number of carbonyl (C=O) groups is 2. The first kappa shape index (κ1) is 58.1. The van der Waals surface area contributed by atoms with Crippen molar-refractivity contribution in [2.45, 2.75) is 203 Å². The zero-order chi connectivity index (χ0) is 47.5. The summed E-state index contributed by atoms with van der Waals surface area (Å²) in [6.07, 6.45) is 25.0. The topological polar surface area (TPSA) is 231 Å². The molecule has 15 heteroatoms. The van der Waals surface area contributed by atoms with Gasteiger partial charge in [-0.05, 0) is 57.8 Å². The zero-order valence-corrected chi connectivity index (χ0v) is 38.9. The number of aliphatic hydroxyl groups is 7. The number of rotatable bonds is 35. The highest BCUT2D eigenvalue weighted by Gasteiger charge is 2.47. The van der Waals surface area contributed by atoms with E-state index < -0.39 is 99.3 Å². The Kier molecular flexibility index (Phi) is 33.0. The summed E-state index contributed by atoms with van der Waals surface area (Å²) in [7, 11) is 0. The first-order chi connectivity index (χ1) is 31.5. The SMILES string of the molecule is CC/C=C/C=C/C=C/C=C/CCCCCCCC(=O)O[C@H](COC(=O)CCCCCCC/C=C/C/C=C/CCCC)CO[C@@H]1O[C@H](CO[C@@H]2O[C@H](CO)[C@H](O)C(O)C2O)[C@H](O)C(O)C1O. The lowest BCUT2D eigenvalue weighted by atomic mass is 9.98. The molecule has 7 N–H and O–H groups in total. The molecular formula is C50H82O15. The molecule has 2 saturated heterocycles. The third kappa shape index (κ3) is 25.6. The predicted octanol–water partition coefficient (Wildman–Crippen LogP) is 5.87. The van der Waals surface area contributed by atoms with Crippen molar-refractivity contribution in [3.63, 3.8) is 0 Å². The lowest BCUT2D eigenvalue weighted by molar-refractivity contribution is -0.332. The first-order valence-corrected chi connectivity index (χ1v) is 24.1. The highest BCUT2D eigenvalue weighted by Crippen LogP contribution is 2.26. The highest BCUT2D eigenvalue weighted by atomic mass is 16.7. The standard InChI is InChI=1S/C50H82O15/c1-3-5-7-9-11-13-15-17-19-21-23-25-27-29-31-33-42(53)63-38(35-60-41(52)32-30-28-26-24-22-20-18-16-14-12-10-8-6-4-2)36-61-49-48(59)46(57)44(55)40(65-49)37-62-50-47(58)45(56)43(54)39(34-51)64-50/h5,7,9-13,15-19,38-40,43-51,54-59H,3-4,6,8,14,20-37H2,1-2H3/b7-5+,11-9+,12-10+,15-13+,18-16+,19-17+/t38-,39-,40-,43+,44+,45?,46?,47?,48?,49-,50-/m1/s1. The van der Waals surface area contributed by atoms with Gasteiger partial charge in [0.25, 0.3) is 0 Å². The molecule has 0 aromatic rings. The van der Waals surface area contributed by atoms with Crippen LogP contribution in [-0.2, 0) is 38.0 Å². The van der Waals surface area contributed by atoms with Crippen LogP contribution in [0.15, 0.2) is 72.9 Å². The number of hydrogen-bond donors (Lipinski definition) is 7. The van der Waals surface area contributed by atoms with Gasteiger partial charge >= 0.3 is 11.9 Å². The smallest absolute Gasteiger partial charge is 0.306 e. The van der Waals surface area contributed by atoms with Crippen molar-refractivity contribution in [2.75, 3.05) is 26.4 Å². The molecule has 2 rings (SSSR count). The van der Waals surface area contributed by atoms with Gasteiger partial charge in [-0.3, -0.25) is 9.59 Å². The Morgan fingerprint density at radius 1 is 0.523 bits per heavy atom. The zero-order valence-electron chi connectivity index (χ0n) is 38.9. The van der Waals surface area contributed by atoms with Gasteiger partial charge in [0.2, 0.25) is 0 Å². The molecule has 11 atom stereocenters. The van der Waals surface area contributed by atoms with E-state index in [1.807, 2.05) is 36.5 Å². The molecule has 0 aromatic heterocycles. The van der Waals surface area contributed by atoms with Gasteiger partial charge in [-0.25, -0.2) is 0 Å². The summed E-state index contributed by atoms with van der Waals surface area (Å²) < 4.78 is 33.5. The van der Waals surface area contributed by atoms with Gasteiger partial charge in [0.15, 0.2) is 18.7 Å². The largest absolute Gasteiger partial charge is 0.462 e. The molecule has 2 aliphatic heterocycles. The minimum absolute atomic E-state index is 0.132. The van der Waals surface area contributed by atoms with Crippen molar-refractivity contribution in [1.29, 1.82) is 0 Å². The molecule has 0 aromatic carbocycles. The van der Waals surface area contributed by atoms with Gasteiger partial charge in [-0.2, -0.15) is 0 Å². The number of unbranched alkanes of at least 4 members (excludes halogenated alkanes) is 12. The quantitative estimate of drug-likeness (QED) is 0.0171. The second kappa shape index (κ2) is 37.0. The highest BCUT2D eigenvalue weighted by molar-refractivity contribution is 5.70. The maximum atomic E-state index is 13.0. The van der Waals surface area contributed by atoms with Crippen LogP contribution in [0, 0.1) is 0 Å². The van der Waals surface area contributed by atoms with Crippen molar-refractivity contribution in [1.82, 2.24) is 0 Å². The van der Waals surface area contributed by atoms with Gasteiger partial charge in [0, 0.05) is 12.8 Å². The number of esters is 2. The number of ether oxygens (including phenoxy) is 6. The van der Waals surface area contributed by atoms with Gasteiger partial charge in [-0.1, -0.05) is 138 Å². The Morgan fingerprint density at radius 2 is 1.03 bits per heavy atom. The van der Waals surface area contributed by atoms with Crippen molar-refractivity contribution < 1.29 is 73.8 Å². The molecule has 0 aliphatic carbocycles. The van der Waals surface area contributed by atoms with Gasteiger partial charge in [-0.15, -0.1) is 0 Å². The normalized spacial score (nSPS) is 27.0. The van der Waals surface area contributed by atoms with Gasteiger partial charge in [0.1, 0.15) is 55.4 Å². The second-order valence-corrected chi connectivity index (χ2v) is 16.6. The summed E-state index contributed by atoms with van der Waals surface area (Å²) in [5.74, 6) is -0.977. The van der Waals surface area contributed by atoms with Crippen molar-refractivity contribution >= 4 is 11.9 Å². The maximum Gasteiger partial charge on any atom is 0.306 e. The molecule has 2 aliphatic rings. The minimum atomic E-state index is -1.77. The molecule has 4 unspecified atom stereocenters. The lowest BCUT2D eigenvalue weighted by Gasteiger charge is -2.42. The van der Waals surface area contributed by atoms with Crippen molar-refractivity contribution in [3.8, 4) is 0 Å². The lowest BCUT2D eigenvalue weighted by Crippen LogP contribution is -2.61. The Hall–Kier alpha value is -3.06. The Bertz CT molecular complexity index is 1410. The van der Waals surface area contributed by atoms with Crippen LogP contribution in [0.25, 0.3) is 0 Å². The summed E-state index contributed by atoms with van der Waals surface area (Å²) >= 11 is 0. The van der Waals surface area contributed by atoms with E-state index in [9.17, 15) is 45.3 Å². The Balaban J connectivity index is 1.86. The van der Waals surface area contributed by atoms with Crippen LogP contribution in [0.4, 0.5) is 0 Å². The molecule has 0 spiro atoms. The Morgan fingerprint density at radius 3 is 1.65 bits per heavy atom. The number of carbonyl (C=O) groups excluding carboxylic acids is 2. The van der Waals surface area contributed by atoms with Crippen LogP contribution in [-0.4, -0.2) is 142 Å². The third-order valence-electron chi connectivity index (χ3n) is 11.0. The third-order valence-corrected chi connectivity index (χ3v) is 11.0. The molecule has 0 radical (unpaired) electrons. The minimum Gasteiger partial charge on any atom is -0.462 e. The molecule has 0 amide bonds. The summed E-state index contributed by atoms with van der Waals surface area (Å²) in [5, 5.41) is 72.0. The Labute approximate surface area is 387 Å². The van der Waals surface area contributed by atoms with Crippen molar-refractivity contribution in [2.24, 2.45) is 0 Å². The number of allylic oxidation sites excluding steroid dienone is 12. The average Bonchev–Trinajstić information content (AvgIpc) is 3.30. The van der Waals surface area contributed by atoms with Crippen LogP contribution < -0.4 is 0 Å². The molecule has 372 valence electrons. The van der Waals surface area contributed by atoms with Crippen LogP contribution in [0.3, 0.4) is 0 Å². The monoisotopic (exact) mass is 923 g/mol. The van der Waals surface area contributed by atoms with E-state index in [-0.39, 0.29) is 19.4 Å². The number of hydrogen-bond acceptors (Lipinski definition) is 15. The fourth-order valence-corrected chi connectivity index (χ4v) is 7.01. The summed E-state index contributed by atoms with van der Waals surface area (Å²) in [4.78, 5) is 25.7. The summed E-state index contributed by atoms with van der Waals surface area (Å²) in [5.41, 5.74) is 0. The van der Waals surface area contributed by atoms with Crippen LogP contribution >= 0.6 is 0 Å². The van der Waals surface area contributed by atoms with Crippen molar-refractivity contribution in [3.05, 3.63) is 72.9 Å². The molecule has 65 heavy (non-hydrogen) atoms. The van der Waals surface area contributed by atoms with E-state index in [4.69, 9.17) is 28.4 Å². The fourth-order valence-electron chi connectivity index (χ4n) is 7.01. The van der Waals surface area contributed by atoms with E-state index in [2.05, 4.69) is 50.3 Å². The van der Waals surface area contributed by atoms with Crippen LogP contribution in [0.2, 0.25) is 0 Å². The summed E-state index contributed by atoms with van der Waals surface area (Å²) in [6.45, 7) is 2.34. The molecule has 0 saturated carbocycles. The fraction of sp³-hybridized carbons (Fsp3) is 0.720. The summed E-state index contributed by atoms with van der Waals surface area (Å²) in [6, 6.07) is 0. The number of aliphatic hydroxyl groups excluding tert-OH is 7. The van der Waals surface area contributed by atoms with E-state index in [1.165, 1.54) is 12.8 Å². The molecule has 0 bridgehead atoms. The molecule has 2 heterocycles. The molecular weight excluding hydrogens is 841 g/mol. The van der Waals surface area contributed by atoms with E-state index >= 15 is 0 Å². The maximum absolute atomic E-state index is 13.0. The van der Waals surface area contributed by atoms with E-state index in [1.54, 1.807) is 0 Å². The van der Waals surface area contributed by atoms with Crippen LogP contribution in [0.5, 0.6) is 0 Å². The predicted molar refractivity (Wildman–Crippen MR) is 247 cm³/mol. The molecule has 15 nitrogen and oxygen atoms in total. The average molecular weight is 923 g/mol. The van der Waals surface area contributed by atoms with Gasteiger partial charge < -0.3 is 64.2 Å². The second-order valence-electron chi connectivity index (χ2n) is 16.6.